The third kappa shape index (κ3) is 5.16. The molecule has 8 nitrogen and oxygen atoms in total. The summed E-state index contributed by atoms with van der Waals surface area (Å²) in [5, 5.41) is 19.6. The topological polar surface area (TPSA) is 134 Å². The number of hydrogen-bond acceptors (Lipinski definition) is 8. The predicted molar refractivity (Wildman–Crippen MR) is 106 cm³/mol. The minimum Gasteiger partial charge on any atom is -0.372 e. The highest BCUT2D eigenvalue weighted by Gasteiger charge is 2.13. The molecular formula is C16H22N6O2S2. The van der Waals surface area contributed by atoms with E-state index in [0.717, 1.165) is 17.7 Å². The third-order valence-electron chi connectivity index (χ3n) is 3.45. The van der Waals surface area contributed by atoms with Crippen LogP contribution in [-0.2, 0) is 16.6 Å². The van der Waals surface area contributed by atoms with Gasteiger partial charge in [-0.25, -0.2) is 23.5 Å². The highest BCUT2D eigenvalue weighted by molar-refractivity contribution is 7.99. The quantitative estimate of drug-likeness (QED) is 0.291. The van der Waals surface area contributed by atoms with E-state index in [0.29, 0.717) is 28.9 Å². The van der Waals surface area contributed by atoms with E-state index in [4.69, 9.17) is 10.5 Å². The first-order chi connectivity index (χ1) is 12.4. The number of sulfonamides is 1. The van der Waals surface area contributed by atoms with Gasteiger partial charge in [0.05, 0.1) is 10.5 Å². The van der Waals surface area contributed by atoms with Gasteiger partial charge < -0.3 is 16.0 Å². The molecule has 0 spiro atoms. The first-order valence-corrected chi connectivity index (χ1v) is 10.5. The van der Waals surface area contributed by atoms with Crippen molar-refractivity contribution in [2.24, 2.45) is 5.14 Å². The van der Waals surface area contributed by atoms with Crippen LogP contribution in [0, 0.1) is 5.41 Å². The van der Waals surface area contributed by atoms with E-state index >= 15 is 0 Å². The highest BCUT2D eigenvalue weighted by Crippen LogP contribution is 2.24. The van der Waals surface area contributed by atoms with Gasteiger partial charge in [0, 0.05) is 25.6 Å². The molecule has 0 fully saturated rings. The van der Waals surface area contributed by atoms with Crippen molar-refractivity contribution in [3.05, 3.63) is 35.4 Å². The van der Waals surface area contributed by atoms with Crippen molar-refractivity contribution in [2.75, 3.05) is 23.4 Å². The molecule has 0 saturated heterocycles. The summed E-state index contributed by atoms with van der Waals surface area (Å²) in [5.41, 5.74) is 1.43. The van der Waals surface area contributed by atoms with E-state index in [1.54, 1.807) is 30.9 Å². The van der Waals surface area contributed by atoms with Gasteiger partial charge >= 0.3 is 0 Å². The number of primary sulfonamides is 1. The summed E-state index contributed by atoms with van der Waals surface area (Å²) in [6.45, 7) is 2.51. The number of nitrogens with one attached hydrogen (secondary N) is 3. The van der Waals surface area contributed by atoms with Gasteiger partial charge in [-0.15, -0.1) is 0 Å². The van der Waals surface area contributed by atoms with Crippen LogP contribution >= 0.6 is 11.8 Å². The lowest BCUT2D eigenvalue weighted by molar-refractivity contribution is 0.598. The van der Waals surface area contributed by atoms with Crippen LogP contribution in [0.4, 0.5) is 11.6 Å². The molecule has 10 heteroatoms. The molecule has 0 aliphatic heterocycles. The highest BCUT2D eigenvalue weighted by atomic mass is 32.2. The number of anilines is 2. The second-order valence-electron chi connectivity index (χ2n) is 5.40. The molecule has 26 heavy (non-hydrogen) atoms. The zero-order valence-electron chi connectivity index (χ0n) is 14.6. The van der Waals surface area contributed by atoms with Crippen molar-refractivity contribution >= 4 is 39.6 Å². The van der Waals surface area contributed by atoms with Crippen LogP contribution in [-0.4, -0.2) is 37.4 Å². The van der Waals surface area contributed by atoms with Gasteiger partial charge in [0.15, 0.2) is 5.16 Å². The molecule has 140 valence electrons. The normalized spacial score (nSPS) is 11.2. The molecule has 0 aliphatic carbocycles. The van der Waals surface area contributed by atoms with Crippen molar-refractivity contribution in [1.29, 1.82) is 5.41 Å². The van der Waals surface area contributed by atoms with Gasteiger partial charge in [0.1, 0.15) is 11.6 Å². The number of benzene rings is 1. The van der Waals surface area contributed by atoms with Crippen LogP contribution in [0.5, 0.6) is 0 Å². The summed E-state index contributed by atoms with van der Waals surface area (Å²) in [6, 6.07) is 6.30. The molecule has 2 aromatic rings. The molecule has 0 unspecified atom stereocenters. The molecule has 0 amide bonds. The molecule has 5 N–H and O–H groups in total. The lowest BCUT2D eigenvalue weighted by Gasteiger charge is -2.13. The van der Waals surface area contributed by atoms with Crippen molar-refractivity contribution in [3.63, 3.8) is 0 Å². The lowest BCUT2D eigenvalue weighted by Crippen LogP contribution is -2.12. The Morgan fingerprint density at radius 2 is 1.88 bits per heavy atom. The van der Waals surface area contributed by atoms with Crippen molar-refractivity contribution in [3.8, 4) is 0 Å². The van der Waals surface area contributed by atoms with E-state index in [2.05, 4.69) is 27.5 Å². The van der Waals surface area contributed by atoms with Gasteiger partial charge in [-0.05, 0) is 24.1 Å². The molecular weight excluding hydrogens is 372 g/mol. The maximum atomic E-state index is 11.3. The second kappa shape index (κ2) is 8.97. The van der Waals surface area contributed by atoms with Crippen molar-refractivity contribution < 1.29 is 8.42 Å². The molecule has 1 aromatic heterocycles. The number of hydrogen-bond donors (Lipinski definition) is 4. The van der Waals surface area contributed by atoms with Crippen molar-refractivity contribution in [1.82, 2.24) is 9.97 Å². The summed E-state index contributed by atoms with van der Waals surface area (Å²) in [4.78, 5) is 8.99. The summed E-state index contributed by atoms with van der Waals surface area (Å²) < 4.78 is 22.6. The zero-order valence-corrected chi connectivity index (χ0v) is 16.2. The predicted octanol–water partition coefficient (Wildman–Crippen LogP) is 2.28. The summed E-state index contributed by atoms with van der Waals surface area (Å²) in [6.07, 6.45) is 2.21. The van der Waals surface area contributed by atoms with Gasteiger partial charge in [-0.1, -0.05) is 30.8 Å². The number of nitrogens with two attached hydrogens (primary N) is 1. The van der Waals surface area contributed by atoms with Crippen LogP contribution < -0.4 is 15.8 Å². The Bertz CT molecular complexity index is 869. The Hall–Kier alpha value is -2.17. The Balaban J connectivity index is 2.23. The number of thioether (sulfide) groups is 1. The molecule has 2 rings (SSSR count). The largest absolute Gasteiger partial charge is 0.372 e. The van der Waals surface area contributed by atoms with Gasteiger partial charge in [-0.2, -0.15) is 0 Å². The average molecular weight is 395 g/mol. The minimum atomic E-state index is -3.70. The Morgan fingerprint density at radius 3 is 2.42 bits per heavy atom. The van der Waals surface area contributed by atoms with E-state index in [1.807, 2.05) is 0 Å². The number of aromatic nitrogens is 2. The summed E-state index contributed by atoms with van der Waals surface area (Å²) in [7, 11) is -1.95. The van der Waals surface area contributed by atoms with Crippen LogP contribution in [0.3, 0.4) is 0 Å². The van der Waals surface area contributed by atoms with Crippen LogP contribution in [0.2, 0.25) is 0 Å². The van der Waals surface area contributed by atoms with Crippen LogP contribution in [0.15, 0.2) is 34.3 Å². The zero-order chi connectivity index (χ0) is 19.2. The van der Waals surface area contributed by atoms with E-state index in [-0.39, 0.29) is 4.90 Å². The fraction of sp³-hybridized carbons (Fsp3) is 0.312. The fourth-order valence-electron chi connectivity index (χ4n) is 2.15. The monoisotopic (exact) mass is 394 g/mol. The maximum absolute atomic E-state index is 11.3. The van der Waals surface area contributed by atoms with Crippen LogP contribution in [0.1, 0.15) is 24.5 Å². The van der Waals surface area contributed by atoms with E-state index < -0.39 is 10.0 Å². The van der Waals surface area contributed by atoms with Gasteiger partial charge in [-0.3, -0.25) is 0 Å². The average Bonchev–Trinajstić information content (AvgIpc) is 2.63. The molecule has 1 aromatic carbocycles. The SMILES string of the molecule is CCCSc1nc(NC)c(C=N)c(NCc2ccc(S(N)(=O)=O)cc2)n1. The van der Waals surface area contributed by atoms with Crippen LogP contribution in [0.25, 0.3) is 0 Å². The number of nitrogens with zero attached hydrogens (tertiary/aromatic N) is 2. The number of rotatable bonds is 9. The lowest BCUT2D eigenvalue weighted by atomic mass is 10.2. The van der Waals surface area contributed by atoms with Gasteiger partial charge in [0.2, 0.25) is 10.0 Å². The molecule has 0 saturated carbocycles. The fourth-order valence-corrected chi connectivity index (χ4v) is 3.37. The molecule has 1 heterocycles. The molecule has 0 radical (unpaired) electrons. The standard InChI is InChI=1S/C16H22N6O2S2/c1-3-8-25-16-21-14(19-2)13(9-17)15(22-16)20-10-11-4-6-12(7-5-11)26(18,23)24/h4-7,9,17H,3,8,10H2,1-2H3,(H2,18,23,24)(H2,19,20,21,22). The third-order valence-corrected chi connectivity index (χ3v) is 5.44. The first-order valence-electron chi connectivity index (χ1n) is 7.97. The summed E-state index contributed by atoms with van der Waals surface area (Å²) in [5.74, 6) is 2.04. The second-order valence-corrected chi connectivity index (χ2v) is 8.03. The maximum Gasteiger partial charge on any atom is 0.238 e. The Labute approximate surface area is 157 Å². The van der Waals surface area contributed by atoms with Crippen molar-refractivity contribution in [2.45, 2.75) is 29.9 Å². The van der Waals surface area contributed by atoms with Gasteiger partial charge in [0.25, 0.3) is 0 Å². The van der Waals surface area contributed by atoms with E-state index in [9.17, 15) is 8.42 Å². The minimum absolute atomic E-state index is 0.0687. The first kappa shape index (κ1) is 20.1. The molecule has 0 aliphatic rings. The Kier molecular flexibility index (Phi) is 6.95. The van der Waals surface area contributed by atoms with E-state index in [1.165, 1.54) is 18.3 Å². The molecule has 0 atom stereocenters. The smallest absolute Gasteiger partial charge is 0.238 e. The molecule has 0 bridgehead atoms. The Morgan fingerprint density at radius 1 is 1.23 bits per heavy atom. The summed E-state index contributed by atoms with van der Waals surface area (Å²) >= 11 is 1.55.